The topological polar surface area (TPSA) is 73.3 Å². The first-order chi connectivity index (χ1) is 7.02. The van der Waals surface area contributed by atoms with Crippen molar-refractivity contribution < 1.29 is 4.74 Å². The minimum atomic E-state index is -0.338. The average molecular weight is 209 g/mol. The molecule has 0 fully saturated rings. The molecule has 1 aromatic carbocycles. The fourth-order valence-electron chi connectivity index (χ4n) is 1.84. The highest BCUT2D eigenvalue weighted by molar-refractivity contribution is 5.49. The van der Waals surface area contributed by atoms with Crippen LogP contribution in [0.15, 0.2) is 6.07 Å². The zero-order chi connectivity index (χ0) is 11.6. The van der Waals surface area contributed by atoms with Crippen LogP contribution < -0.4 is 21.7 Å². The Morgan fingerprint density at radius 1 is 1.27 bits per heavy atom. The normalized spacial score (nSPS) is 12.7. The van der Waals surface area contributed by atoms with Crippen LogP contribution in [0.2, 0.25) is 0 Å². The van der Waals surface area contributed by atoms with Gasteiger partial charge in [0.25, 0.3) is 0 Å². The SMILES string of the molecule is COc1cc(C)c(C(N)NN)c(C)c1C. The number of hydrogen-bond acceptors (Lipinski definition) is 4. The first-order valence-electron chi connectivity index (χ1n) is 4.89. The van der Waals surface area contributed by atoms with Gasteiger partial charge in [-0.25, -0.2) is 5.43 Å². The summed E-state index contributed by atoms with van der Waals surface area (Å²) in [6, 6.07) is 1.98. The van der Waals surface area contributed by atoms with E-state index < -0.39 is 0 Å². The number of hydrogen-bond donors (Lipinski definition) is 3. The van der Waals surface area contributed by atoms with Crippen molar-refractivity contribution in [3.63, 3.8) is 0 Å². The van der Waals surface area contributed by atoms with E-state index >= 15 is 0 Å². The van der Waals surface area contributed by atoms with Crippen LogP contribution in [0.4, 0.5) is 0 Å². The highest BCUT2D eigenvalue weighted by Gasteiger charge is 2.14. The molecule has 0 aliphatic carbocycles. The summed E-state index contributed by atoms with van der Waals surface area (Å²) >= 11 is 0. The lowest BCUT2D eigenvalue weighted by molar-refractivity contribution is 0.410. The van der Waals surface area contributed by atoms with Crippen LogP contribution >= 0.6 is 0 Å². The molecule has 0 radical (unpaired) electrons. The number of nitrogens with one attached hydrogen (secondary N) is 1. The van der Waals surface area contributed by atoms with Gasteiger partial charge >= 0.3 is 0 Å². The summed E-state index contributed by atoms with van der Waals surface area (Å²) in [6.45, 7) is 6.04. The molecule has 0 aliphatic heterocycles. The Morgan fingerprint density at radius 2 is 1.87 bits per heavy atom. The summed E-state index contributed by atoms with van der Waals surface area (Å²) in [5.74, 6) is 6.24. The van der Waals surface area contributed by atoms with Gasteiger partial charge in [-0.15, -0.1) is 0 Å². The van der Waals surface area contributed by atoms with Crippen LogP contribution in [0.3, 0.4) is 0 Å². The molecule has 0 bridgehead atoms. The fourth-order valence-corrected chi connectivity index (χ4v) is 1.84. The number of rotatable bonds is 3. The molecule has 0 amide bonds. The molecule has 0 aliphatic rings. The monoisotopic (exact) mass is 209 g/mol. The molecular formula is C11H19N3O. The van der Waals surface area contributed by atoms with Crippen LogP contribution in [0.25, 0.3) is 0 Å². The van der Waals surface area contributed by atoms with Gasteiger partial charge < -0.3 is 10.5 Å². The minimum absolute atomic E-state index is 0.338. The van der Waals surface area contributed by atoms with Crippen LogP contribution in [0, 0.1) is 20.8 Å². The van der Waals surface area contributed by atoms with Gasteiger partial charge in [-0.05, 0) is 49.1 Å². The third kappa shape index (κ3) is 2.12. The van der Waals surface area contributed by atoms with Gasteiger partial charge in [0.15, 0.2) is 0 Å². The maximum atomic E-state index is 5.88. The van der Waals surface area contributed by atoms with E-state index in [9.17, 15) is 0 Å². The lowest BCUT2D eigenvalue weighted by Crippen LogP contribution is -2.35. The van der Waals surface area contributed by atoms with Crippen molar-refractivity contribution in [3.8, 4) is 5.75 Å². The molecule has 1 atom stereocenters. The third-order valence-electron chi connectivity index (χ3n) is 2.82. The Bertz CT molecular complexity index is 363. The van der Waals surface area contributed by atoms with Crippen LogP contribution in [-0.4, -0.2) is 7.11 Å². The number of ether oxygens (including phenoxy) is 1. The highest BCUT2D eigenvalue weighted by Crippen LogP contribution is 2.29. The molecule has 0 spiro atoms. The first kappa shape index (κ1) is 12.0. The van der Waals surface area contributed by atoms with Crippen molar-refractivity contribution in [3.05, 3.63) is 28.3 Å². The van der Waals surface area contributed by atoms with E-state index in [0.29, 0.717) is 0 Å². The summed E-state index contributed by atoms with van der Waals surface area (Å²) in [5.41, 5.74) is 12.8. The standard InChI is InChI=1S/C11H19N3O/c1-6-5-9(15-4)7(2)8(3)10(6)11(12)14-13/h5,11,14H,12-13H2,1-4H3. The molecule has 15 heavy (non-hydrogen) atoms. The van der Waals surface area contributed by atoms with Gasteiger partial charge in [0.05, 0.1) is 13.3 Å². The Labute approximate surface area is 90.6 Å². The van der Waals surface area contributed by atoms with Gasteiger partial charge in [-0.3, -0.25) is 5.84 Å². The maximum absolute atomic E-state index is 5.88. The third-order valence-corrected chi connectivity index (χ3v) is 2.82. The molecule has 0 heterocycles. The predicted molar refractivity (Wildman–Crippen MR) is 61.5 cm³/mol. The van der Waals surface area contributed by atoms with Gasteiger partial charge in [0.1, 0.15) is 5.75 Å². The number of aryl methyl sites for hydroxylation is 1. The molecular weight excluding hydrogens is 190 g/mol. The first-order valence-corrected chi connectivity index (χ1v) is 4.89. The second kappa shape index (κ2) is 4.61. The van der Waals surface area contributed by atoms with Gasteiger partial charge in [0, 0.05) is 0 Å². The fraction of sp³-hybridized carbons (Fsp3) is 0.455. The predicted octanol–water partition coefficient (Wildman–Crippen LogP) is 1.04. The summed E-state index contributed by atoms with van der Waals surface area (Å²) in [5, 5.41) is 0. The molecule has 84 valence electrons. The molecule has 0 saturated heterocycles. The Kier molecular flexibility index (Phi) is 3.68. The van der Waals surface area contributed by atoms with E-state index in [0.717, 1.165) is 28.0 Å². The molecule has 1 unspecified atom stereocenters. The van der Waals surface area contributed by atoms with E-state index in [2.05, 4.69) is 5.43 Å². The number of methoxy groups -OCH3 is 1. The maximum Gasteiger partial charge on any atom is 0.122 e. The van der Waals surface area contributed by atoms with E-state index in [1.807, 2.05) is 26.8 Å². The molecule has 1 rings (SSSR count). The van der Waals surface area contributed by atoms with E-state index in [1.54, 1.807) is 7.11 Å². The van der Waals surface area contributed by atoms with Crippen molar-refractivity contribution in [1.82, 2.24) is 5.43 Å². The average Bonchev–Trinajstić information content (AvgIpc) is 2.23. The summed E-state index contributed by atoms with van der Waals surface area (Å²) in [7, 11) is 1.67. The molecule has 4 nitrogen and oxygen atoms in total. The molecule has 5 N–H and O–H groups in total. The zero-order valence-electron chi connectivity index (χ0n) is 9.72. The van der Waals surface area contributed by atoms with Crippen molar-refractivity contribution >= 4 is 0 Å². The highest BCUT2D eigenvalue weighted by atomic mass is 16.5. The summed E-state index contributed by atoms with van der Waals surface area (Å²) in [6.07, 6.45) is -0.338. The Morgan fingerprint density at radius 3 is 2.33 bits per heavy atom. The van der Waals surface area contributed by atoms with Crippen molar-refractivity contribution in [2.24, 2.45) is 11.6 Å². The van der Waals surface area contributed by atoms with Crippen molar-refractivity contribution in [2.75, 3.05) is 7.11 Å². The zero-order valence-corrected chi connectivity index (χ0v) is 9.72. The molecule has 4 heteroatoms. The molecule has 0 aromatic heterocycles. The Balaban J connectivity index is 3.35. The van der Waals surface area contributed by atoms with Gasteiger partial charge in [0.2, 0.25) is 0 Å². The second-order valence-corrected chi connectivity index (χ2v) is 3.70. The quantitative estimate of drug-likeness (QED) is 0.395. The number of nitrogens with two attached hydrogens (primary N) is 2. The van der Waals surface area contributed by atoms with Crippen molar-refractivity contribution in [1.29, 1.82) is 0 Å². The van der Waals surface area contributed by atoms with Crippen molar-refractivity contribution in [2.45, 2.75) is 26.9 Å². The Hall–Kier alpha value is -1.10. The smallest absolute Gasteiger partial charge is 0.122 e. The second-order valence-electron chi connectivity index (χ2n) is 3.70. The van der Waals surface area contributed by atoms with E-state index in [-0.39, 0.29) is 6.17 Å². The number of benzene rings is 1. The van der Waals surface area contributed by atoms with Gasteiger partial charge in [-0.1, -0.05) is 0 Å². The largest absolute Gasteiger partial charge is 0.496 e. The molecule has 0 saturated carbocycles. The van der Waals surface area contributed by atoms with Crippen LogP contribution in [0.1, 0.15) is 28.4 Å². The lowest BCUT2D eigenvalue weighted by atomic mass is 9.95. The van der Waals surface area contributed by atoms with Crippen LogP contribution in [-0.2, 0) is 0 Å². The summed E-state index contributed by atoms with van der Waals surface area (Å²) < 4.78 is 5.28. The number of hydrazine groups is 1. The van der Waals surface area contributed by atoms with E-state index in [1.165, 1.54) is 0 Å². The minimum Gasteiger partial charge on any atom is -0.496 e. The van der Waals surface area contributed by atoms with Crippen LogP contribution in [0.5, 0.6) is 5.75 Å². The van der Waals surface area contributed by atoms with Gasteiger partial charge in [-0.2, -0.15) is 0 Å². The lowest BCUT2D eigenvalue weighted by Gasteiger charge is -2.20. The van der Waals surface area contributed by atoms with E-state index in [4.69, 9.17) is 16.3 Å². The summed E-state index contributed by atoms with van der Waals surface area (Å²) in [4.78, 5) is 0. The molecule has 1 aromatic rings.